The van der Waals surface area contributed by atoms with Gasteiger partial charge in [0.15, 0.2) is 11.5 Å². The molecule has 6 nitrogen and oxygen atoms in total. The number of rotatable bonds is 7. The van der Waals surface area contributed by atoms with Crippen molar-refractivity contribution in [2.45, 2.75) is 18.9 Å². The fourth-order valence-corrected chi connectivity index (χ4v) is 3.75. The van der Waals surface area contributed by atoms with Gasteiger partial charge in [0, 0.05) is 11.3 Å². The Morgan fingerprint density at radius 2 is 1.84 bits per heavy atom. The topological polar surface area (TPSA) is 84.2 Å². The van der Waals surface area contributed by atoms with Crippen molar-refractivity contribution in [3.05, 3.63) is 65.2 Å². The number of hydrogen-bond acceptors (Lipinski definition) is 6. The first-order chi connectivity index (χ1) is 14.9. The lowest BCUT2D eigenvalue weighted by molar-refractivity contribution is -0.113. The van der Waals surface area contributed by atoms with Crippen LogP contribution in [-0.4, -0.2) is 30.9 Å². The van der Waals surface area contributed by atoms with Gasteiger partial charge in [-0.15, -0.1) is 0 Å². The van der Waals surface area contributed by atoms with Crippen molar-refractivity contribution in [2.24, 2.45) is 0 Å². The Morgan fingerprint density at radius 3 is 2.55 bits per heavy atom. The van der Waals surface area contributed by atoms with Crippen molar-refractivity contribution >= 4 is 23.4 Å². The lowest BCUT2D eigenvalue weighted by Gasteiger charge is -2.11. The number of methoxy groups -OCH3 is 2. The second-order valence-corrected chi connectivity index (χ2v) is 7.85. The fourth-order valence-electron chi connectivity index (χ4n) is 2.98. The number of carbonyl (C=O) groups is 1. The third-order valence-electron chi connectivity index (χ3n) is 4.67. The maximum Gasteiger partial charge on any atom is 0.234 e. The van der Waals surface area contributed by atoms with E-state index >= 15 is 0 Å². The van der Waals surface area contributed by atoms with E-state index in [1.807, 2.05) is 44.2 Å². The Bertz CT molecular complexity index is 1160. The number of anilines is 1. The van der Waals surface area contributed by atoms with Crippen LogP contribution in [0.2, 0.25) is 0 Å². The molecule has 3 rings (SSSR count). The molecule has 31 heavy (non-hydrogen) atoms. The monoisotopic (exact) mass is 433 g/mol. The highest BCUT2D eigenvalue weighted by atomic mass is 32.2. The number of hydrogen-bond donors (Lipinski definition) is 1. The SMILES string of the molecule is COc1ccc(-c2ccc(C#N)c(SCC(=O)Nc3cc(C)ccc3C)n2)cc1OC. The van der Waals surface area contributed by atoms with E-state index < -0.39 is 0 Å². The Balaban J connectivity index is 1.79. The Kier molecular flexibility index (Phi) is 7.16. The molecule has 0 aliphatic heterocycles. The quantitative estimate of drug-likeness (QED) is 0.529. The number of nitriles is 1. The van der Waals surface area contributed by atoms with Gasteiger partial charge in [-0.25, -0.2) is 4.98 Å². The lowest BCUT2D eigenvalue weighted by Crippen LogP contribution is -2.15. The molecule has 0 saturated heterocycles. The normalized spacial score (nSPS) is 10.3. The van der Waals surface area contributed by atoms with Gasteiger partial charge in [0.1, 0.15) is 11.1 Å². The third kappa shape index (κ3) is 5.36. The van der Waals surface area contributed by atoms with Crippen LogP contribution in [0.4, 0.5) is 5.69 Å². The molecular formula is C24H23N3O3S. The number of aromatic nitrogens is 1. The summed E-state index contributed by atoms with van der Waals surface area (Å²) in [7, 11) is 3.15. The van der Waals surface area contributed by atoms with E-state index in [0.29, 0.717) is 27.8 Å². The van der Waals surface area contributed by atoms with Crippen LogP contribution < -0.4 is 14.8 Å². The smallest absolute Gasteiger partial charge is 0.234 e. The maximum absolute atomic E-state index is 12.5. The van der Waals surface area contributed by atoms with Crippen molar-refractivity contribution in [3.63, 3.8) is 0 Å². The Morgan fingerprint density at radius 1 is 1.06 bits per heavy atom. The molecule has 1 heterocycles. The van der Waals surface area contributed by atoms with E-state index in [-0.39, 0.29) is 11.7 Å². The number of nitrogens with zero attached hydrogens (tertiary/aromatic N) is 2. The number of ether oxygens (including phenoxy) is 2. The molecule has 0 saturated carbocycles. The summed E-state index contributed by atoms with van der Waals surface area (Å²) < 4.78 is 10.6. The second-order valence-electron chi connectivity index (χ2n) is 6.89. The first-order valence-corrected chi connectivity index (χ1v) is 10.6. The second kappa shape index (κ2) is 10.0. The number of nitrogens with one attached hydrogen (secondary N) is 1. The third-order valence-corrected chi connectivity index (χ3v) is 5.66. The first kappa shape index (κ1) is 22.2. The zero-order valence-corrected chi connectivity index (χ0v) is 18.7. The summed E-state index contributed by atoms with van der Waals surface area (Å²) in [6, 6.07) is 17.1. The molecule has 2 aromatic carbocycles. The van der Waals surface area contributed by atoms with Gasteiger partial charge in [-0.3, -0.25) is 4.79 Å². The van der Waals surface area contributed by atoms with Crippen LogP contribution >= 0.6 is 11.8 Å². The summed E-state index contributed by atoms with van der Waals surface area (Å²) in [6.07, 6.45) is 0. The van der Waals surface area contributed by atoms with E-state index in [0.717, 1.165) is 22.4 Å². The Labute approximate surface area is 186 Å². The van der Waals surface area contributed by atoms with Crippen LogP contribution in [0.15, 0.2) is 53.6 Å². The minimum atomic E-state index is -0.152. The number of carbonyl (C=O) groups excluding carboxylic acids is 1. The van der Waals surface area contributed by atoms with Gasteiger partial charge in [0.2, 0.25) is 5.91 Å². The van der Waals surface area contributed by atoms with E-state index in [4.69, 9.17) is 9.47 Å². The van der Waals surface area contributed by atoms with Crippen molar-refractivity contribution in [1.29, 1.82) is 5.26 Å². The summed E-state index contributed by atoms with van der Waals surface area (Å²) in [5.74, 6) is 1.21. The molecule has 0 aliphatic carbocycles. The standard InChI is InChI=1S/C24H23N3O3S/c1-15-5-6-16(2)20(11-15)26-23(28)14-31-24-18(13-25)7-9-19(27-24)17-8-10-21(29-3)22(12-17)30-4/h5-12H,14H2,1-4H3,(H,26,28). The highest BCUT2D eigenvalue weighted by Crippen LogP contribution is 2.33. The van der Waals surface area contributed by atoms with Gasteiger partial charge in [-0.05, 0) is 61.4 Å². The minimum Gasteiger partial charge on any atom is -0.493 e. The molecular weight excluding hydrogens is 410 g/mol. The van der Waals surface area contributed by atoms with Crippen molar-refractivity contribution in [2.75, 3.05) is 25.3 Å². The van der Waals surface area contributed by atoms with E-state index in [1.54, 1.807) is 32.4 Å². The van der Waals surface area contributed by atoms with Gasteiger partial charge < -0.3 is 14.8 Å². The molecule has 0 spiro atoms. The van der Waals surface area contributed by atoms with Crippen molar-refractivity contribution in [3.8, 4) is 28.8 Å². The summed E-state index contributed by atoms with van der Waals surface area (Å²) in [4.78, 5) is 17.1. The predicted octanol–water partition coefficient (Wildman–Crippen LogP) is 4.99. The van der Waals surface area contributed by atoms with Crippen LogP contribution in [0.5, 0.6) is 11.5 Å². The number of amides is 1. The molecule has 0 unspecified atom stereocenters. The fraction of sp³-hybridized carbons (Fsp3) is 0.208. The Hall–Kier alpha value is -3.50. The number of pyridine rings is 1. The molecule has 0 aliphatic rings. The average Bonchev–Trinajstić information content (AvgIpc) is 2.79. The first-order valence-electron chi connectivity index (χ1n) is 9.58. The highest BCUT2D eigenvalue weighted by Gasteiger charge is 2.13. The number of benzene rings is 2. The molecule has 1 aromatic heterocycles. The van der Waals surface area contributed by atoms with Gasteiger partial charge in [0.05, 0.1) is 31.2 Å². The van der Waals surface area contributed by atoms with Crippen LogP contribution in [0, 0.1) is 25.2 Å². The zero-order valence-electron chi connectivity index (χ0n) is 17.9. The van der Waals surface area contributed by atoms with Gasteiger partial charge in [-0.2, -0.15) is 5.26 Å². The largest absolute Gasteiger partial charge is 0.493 e. The molecule has 1 N–H and O–H groups in total. The minimum absolute atomic E-state index is 0.143. The van der Waals surface area contributed by atoms with Crippen LogP contribution in [0.3, 0.4) is 0 Å². The summed E-state index contributed by atoms with van der Waals surface area (Å²) >= 11 is 1.23. The lowest BCUT2D eigenvalue weighted by atomic mass is 10.1. The van der Waals surface area contributed by atoms with Gasteiger partial charge in [-0.1, -0.05) is 23.9 Å². The molecule has 1 amide bonds. The van der Waals surface area contributed by atoms with E-state index in [9.17, 15) is 10.1 Å². The maximum atomic E-state index is 12.5. The summed E-state index contributed by atoms with van der Waals surface area (Å²) in [6.45, 7) is 3.93. The van der Waals surface area contributed by atoms with Crippen molar-refractivity contribution < 1.29 is 14.3 Å². The highest BCUT2D eigenvalue weighted by molar-refractivity contribution is 8.00. The molecule has 158 valence electrons. The molecule has 7 heteroatoms. The van der Waals surface area contributed by atoms with Crippen LogP contribution in [0.25, 0.3) is 11.3 Å². The van der Waals surface area contributed by atoms with E-state index in [2.05, 4.69) is 16.4 Å². The van der Waals surface area contributed by atoms with Gasteiger partial charge >= 0.3 is 0 Å². The van der Waals surface area contributed by atoms with E-state index in [1.165, 1.54) is 11.8 Å². The summed E-state index contributed by atoms with van der Waals surface area (Å²) in [5.41, 5.74) is 4.79. The van der Waals surface area contributed by atoms with Crippen LogP contribution in [0.1, 0.15) is 16.7 Å². The van der Waals surface area contributed by atoms with Crippen molar-refractivity contribution in [1.82, 2.24) is 4.98 Å². The molecule has 3 aromatic rings. The molecule has 0 radical (unpaired) electrons. The number of aryl methyl sites for hydroxylation is 2. The summed E-state index contributed by atoms with van der Waals surface area (Å²) in [5, 5.41) is 12.9. The molecule has 0 bridgehead atoms. The predicted molar refractivity (Wildman–Crippen MR) is 123 cm³/mol. The number of thioether (sulfide) groups is 1. The van der Waals surface area contributed by atoms with Gasteiger partial charge in [0.25, 0.3) is 0 Å². The molecule has 0 fully saturated rings. The molecule has 0 atom stereocenters. The average molecular weight is 434 g/mol. The zero-order chi connectivity index (χ0) is 22.4. The van der Waals surface area contributed by atoms with Crippen LogP contribution in [-0.2, 0) is 4.79 Å².